The van der Waals surface area contributed by atoms with Gasteiger partial charge in [-0.25, -0.2) is 0 Å². The van der Waals surface area contributed by atoms with E-state index in [4.69, 9.17) is 28.8 Å². The molecule has 200 valence electrons. The molecule has 0 aliphatic carbocycles. The molecule has 0 aromatic heterocycles. The maximum absolute atomic E-state index is 8.67. The normalized spacial score (nSPS) is 8.46. The van der Waals surface area contributed by atoms with Gasteiger partial charge in [-0.05, 0) is 67.5 Å². The van der Waals surface area contributed by atoms with E-state index in [0.29, 0.717) is 0 Å². The standard InChI is InChI=1S/2C8H20N.C6H6O2.4CO.W/c2*1-5-9(6-2,7-3)8-4;7-5-3-1-2-4-6(5)8;4*1-2;/h2*5-8H2,1-4H3;1-4,7-8H;;;;;/q2*+1;;;;;;. The number of phenols is 2. The molecular formula is C26H46N2O6W+2. The van der Waals surface area contributed by atoms with Gasteiger partial charge < -0.3 is 19.2 Å². The third-order valence-corrected chi connectivity index (χ3v) is 6.25. The fourth-order valence-electron chi connectivity index (χ4n) is 3.15. The first-order valence-electron chi connectivity index (χ1n) is 11.3. The van der Waals surface area contributed by atoms with Crippen LogP contribution in [0.2, 0.25) is 0 Å². The van der Waals surface area contributed by atoms with Gasteiger partial charge in [0, 0.05) is 21.1 Å². The van der Waals surface area contributed by atoms with E-state index in [1.54, 1.807) is 12.1 Å². The zero-order chi connectivity index (χ0) is 28.6. The fourth-order valence-corrected chi connectivity index (χ4v) is 3.15. The topological polar surface area (TPSA) is 120 Å². The second-order valence-electron chi connectivity index (χ2n) is 6.70. The molecule has 0 aliphatic rings. The number of nitrogens with zero attached hydrogens (tertiary/aromatic N) is 2. The molecule has 0 radical (unpaired) electrons. The van der Waals surface area contributed by atoms with E-state index < -0.39 is 0 Å². The molecule has 0 atom stereocenters. The van der Waals surface area contributed by atoms with Crippen LogP contribution in [0.5, 0.6) is 11.5 Å². The minimum absolute atomic E-state index is 0. The first-order chi connectivity index (χ1) is 16.3. The first kappa shape index (κ1) is 50.3. The first-order valence-corrected chi connectivity index (χ1v) is 11.3. The molecule has 2 N–H and O–H groups in total. The van der Waals surface area contributed by atoms with E-state index in [0.717, 1.165) is 0 Å². The molecule has 1 rings (SSSR count). The second kappa shape index (κ2) is 39.6. The SMILES string of the molecule is CC[N+](CC)(CC)CC.CC[N+](CC)(CC)CC.Oc1ccccc1O.[C-]#[O+].[C-]#[O+].[C-]#[O+].[C-]#[O+].[W]. The van der Waals surface area contributed by atoms with Crippen molar-refractivity contribution >= 4 is 0 Å². The Morgan fingerprint density at radius 3 is 0.686 bits per heavy atom. The van der Waals surface area contributed by atoms with Gasteiger partial charge in [0.2, 0.25) is 0 Å². The van der Waals surface area contributed by atoms with Crippen LogP contribution in [0.1, 0.15) is 55.4 Å². The molecule has 0 heterocycles. The van der Waals surface area contributed by atoms with E-state index in [9.17, 15) is 0 Å². The molecule has 0 amide bonds. The van der Waals surface area contributed by atoms with Crippen LogP contribution < -0.4 is 0 Å². The van der Waals surface area contributed by atoms with Gasteiger partial charge in [-0.15, -0.1) is 0 Å². The van der Waals surface area contributed by atoms with Crippen LogP contribution in [0, 0.1) is 26.6 Å². The third-order valence-electron chi connectivity index (χ3n) is 6.25. The van der Waals surface area contributed by atoms with Crippen molar-refractivity contribution in [1.82, 2.24) is 0 Å². The Balaban J connectivity index is -0.0000000578. The maximum Gasteiger partial charge on any atom is 0 e. The molecule has 0 fully saturated rings. The number of hydrogen-bond donors (Lipinski definition) is 2. The van der Waals surface area contributed by atoms with E-state index >= 15 is 0 Å². The summed E-state index contributed by atoms with van der Waals surface area (Å²) >= 11 is 0. The Morgan fingerprint density at radius 1 is 0.486 bits per heavy atom. The minimum Gasteiger partial charge on any atom is 0 e. The Kier molecular flexibility index (Phi) is 56.9. The van der Waals surface area contributed by atoms with Gasteiger partial charge in [-0.3, -0.25) is 0 Å². The van der Waals surface area contributed by atoms with Gasteiger partial charge in [0.05, 0.1) is 52.4 Å². The zero-order valence-electron chi connectivity index (χ0n) is 22.8. The maximum atomic E-state index is 8.67. The molecule has 0 unspecified atom stereocenters. The van der Waals surface area contributed by atoms with Crippen LogP contribution in [-0.4, -0.2) is 71.5 Å². The monoisotopic (exact) mass is 666 g/mol. The second-order valence-corrected chi connectivity index (χ2v) is 6.70. The van der Waals surface area contributed by atoms with Crippen molar-refractivity contribution in [2.75, 3.05) is 52.4 Å². The number of aromatic hydroxyl groups is 2. The van der Waals surface area contributed by atoms with Crippen molar-refractivity contribution < 1.29 is 58.9 Å². The van der Waals surface area contributed by atoms with Crippen LogP contribution >= 0.6 is 0 Å². The number of rotatable bonds is 8. The minimum atomic E-state index is -0.0764. The predicted molar refractivity (Wildman–Crippen MR) is 130 cm³/mol. The number of quaternary nitrogens is 2. The average Bonchev–Trinajstić information content (AvgIpc) is 2.94. The van der Waals surface area contributed by atoms with Crippen molar-refractivity contribution in [1.29, 1.82) is 0 Å². The van der Waals surface area contributed by atoms with E-state index in [-0.39, 0.29) is 32.6 Å². The molecule has 8 nitrogen and oxygen atoms in total. The summed E-state index contributed by atoms with van der Waals surface area (Å²) in [5.41, 5.74) is 0. The number of hydrogen-bond acceptors (Lipinski definition) is 2. The quantitative estimate of drug-likeness (QED) is 0.181. The summed E-state index contributed by atoms with van der Waals surface area (Å²) in [5, 5.41) is 17.3. The van der Waals surface area contributed by atoms with Gasteiger partial charge in [-0.2, -0.15) is 0 Å². The molecule has 35 heavy (non-hydrogen) atoms. The van der Waals surface area contributed by atoms with E-state index in [2.05, 4.69) is 82.0 Å². The van der Waals surface area contributed by atoms with E-state index in [1.807, 2.05) is 0 Å². The van der Waals surface area contributed by atoms with Gasteiger partial charge in [0.1, 0.15) is 0 Å². The number of phenolic OH excluding ortho intramolecular Hbond substituents is 2. The molecular weight excluding hydrogens is 620 g/mol. The molecule has 0 spiro atoms. The summed E-state index contributed by atoms with van der Waals surface area (Å²) in [4.78, 5) is 0. The fraction of sp³-hybridized carbons (Fsp3) is 0.615. The van der Waals surface area contributed by atoms with Gasteiger partial charge in [-0.1, -0.05) is 12.1 Å². The molecule has 0 bridgehead atoms. The largest absolute Gasteiger partial charge is 0 e. The smallest absolute Gasteiger partial charge is 0 e. The van der Waals surface area contributed by atoms with Crippen molar-refractivity contribution in [2.24, 2.45) is 0 Å². The van der Waals surface area contributed by atoms with Crippen LogP contribution in [0.3, 0.4) is 0 Å². The van der Waals surface area contributed by atoms with Crippen molar-refractivity contribution in [3.8, 4) is 11.5 Å². The summed E-state index contributed by atoms with van der Waals surface area (Å²) in [7, 11) is 0. The van der Waals surface area contributed by atoms with Crippen molar-refractivity contribution in [3.63, 3.8) is 0 Å². The van der Waals surface area contributed by atoms with Crippen molar-refractivity contribution in [3.05, 3.63) is 50.9 Å². The Labute approximate surface area is 228 Å². The molecule has 0 saturated heterocycles. The van der Waals surface area contributed by atoms with Crippen LogP contribution in [0.15, 0.2) is 24.3 Å². The zero-order valence-corrected chi connectivity index (χ0v) is 25.7. The molecule has 1 aromatic rings. The molecule has 1 aromatic carbocycles. The summed E-state index contributed by atoms with van der Waals surface area (Å²) in [6.45, 7) is 46.4. The van der Waals surface area contributed by atoms with E-state index in [1.165, 1.54) is 73.5 Å². The van der Waals surface area contributed by atoms with Crippen LogP contribution in [0.25, 0.3) is 0 Å². The Morgan fingerprint density at radius 2 is 0.629 bits per heavy atom. The van der Waals surface area contributed by atoms with Crippen molar-refractivity contribution in [2.45, 2.75) is 55.4 Å². The number of para-hydroxylation sites is 2. The van der Waals surface area contributed by atoms with Crippen LogP contribution in [-0.2, 0) is 39.7 Å². The van der Waals surface area contributed by atoms with Crippen LogP contribution in [0.4, 0.5) is 0 Å². The molecule has 0 saturated carbocycles. The summed E-state index contributed by atoms with van der Waals surface area (Å²) < 4.78 is 32.6. The molecule has 0 aliphatic heterocycles. The van der Waals surface area contributed by atoms with Gasteiger partial charge >= 0.3 is 45.2 Å². The summed E-state index contributed by atoms with van der Waals surface area (Å²) in [6, 6.07) is 6.15. The summed E-state index contributed by atoms with van der Waals surface area (Å²) in [5.74, 6) is -0.153. The predicted octanol–water partition coefficient (Wildman–Crippen LogP) is 4.71. The molecule has 9 heteroatoms. The van der Waals surface area contributed by atoms with Gasteiger partial charge in [0.15, 0.2) is 11.5 Å². The Hall–Kier alpha value is -1.61. The summed E-state index contributed by atoms with van der Waals surface area (Å²) in [6.07, 6.45) is 0. The Bertz CT molecular complexity index is 511. The van der Waals surface area contributed by atoms with Gasteiger partial charge in [0.25, 0.3) is 0 Å². The average molecular weight is 667 g/mol. The third kappa shape index (κ3) is 26.8. The number of benzene rings is 1.